The Balaban J connectivity index is 0.824. The van der Waals surface area contributed by atoms with Crippen LogP contribution in [0.25, 0.3) is 88.7 Å². The second-order valence-corrected chi connectivity index (χ2v) is 20.4. The molecule has 0 amide bonds. The van der Waals surface area contributed by atoms with Gasteiger partial charge in [-0.1, -0.05) is 267 Å². The summed E-state index contributed by atoms with van der Waals surface area (Å²) in [6.45, 7) is 0. The largest absolute Gasteiger partial charge is 0.310 e. The van der Waals surface area contributed by atoms with Crippen LogP contribution < -0.4 is 4.90 Å². The van der Waals surface area contributed by atoms with Gasteiger partial charge in [-0.05, 0) is 166 Å². The highest BCUT2D eigenvalue weighted by molar-refractivity contribution is 5.91. The second kappa shape index (κ2) is 19.9. The minimum Gasteiger partial charge on any atom is -0.310 e. The van der Waals surface area contributed by atoms with Crippen LogP contribution >= 0.6 is 0 Å². The lowest BCUT2D eigenvalue weighted by Crippen LogP contribution is -2.28. The number of hydrogen-bond donors (Lipinski definition) is 0. The molecule has 1 nitrogen and oxygen atoms in total. The van der Waals surface area contributed by atoms with Crippen LogP contribution in [0, 0.1) is 0 Å². The second-order valence-electron chi connectivity index (χ2n) is 20.4. The Kier molecular flexibility index (Phi) is 11.8. The highest BCUT2D eigenvalue weighted by Crippen LogP contribution is 2.57. The van der Waals surface area contributed by atoms with Gasteiger partial charge in [0.2, 0.25) is 0 Å². The smallest absolute Gasteiger partial charge is 0.0713 e. The maximum atomic E-state index is 2.45. The number of hydrogen-bond acceptors (Lipinski definition) is 1. The summed E-state index contributed by atoms with van der Waals surface area (Å²) in [5.74, 6) is 0. The van der Waals surface area contributed by atoms with Crippen LogP contribution in [0.2, 0.25) is 0 Å². The molecule has 0 bridgehead atoms. The van der Waals surface area contributed by atoms with Crippen molar-refractivity contribution in [1.29, 1.82) is 0 Å². The summed E-state index contributed by atoms with van der Waals surface area (Å²) in [4.78, 5) is 2.39. The van der Waals surface area contributed by atoms with Gasteiger partial charge in [0, 0.05) is 17.1 Å². The third-order valence-electron chi connectivity index (χ3n) is 16.0. The van der Waals surface area contributed by atoms with Gasteiger partial charge in [0.1, 0.15) is 0 Å². The molecule has 0 spiro atoms. The highest BCUT2D eigenvalue weighted by atomic mass is 15.1. The van der Waals surface area contributed by atoms with Crippen LogP contribution in [-0.2, 0) is 5.41 Å². The zero-order valence-electron chi connectivity index (χ0n) is 43.0. The quantitative estimate of drug-likeness (QED) is 0.125. The Morgan fingerprint density at radius 1 is 0.192 bits per heavy atom. The number of rotatable bonds is 11. The molecular formula is C77H53N. The minimum atomic E-state index is -0.468. The van der Waals surface area contributed by atoms with Crippen molar-refractivity contribution in [2.75, 3.05) is 4.90 Å². The molecule has 0 heterocycles. The van der Waals surface area contributed by atoms with Crippen molar-refractivity contribution >= 4 is 27.8 Å². The molecular weight excluding hydrogens is 939 g/mol. The molecule has 1 heteroatoms. The van der Waals surface area contributed by atoms with E-state index in [4.69, 9.17) is 0 Å². The molecule has 0 atom stereocenters. The Labute approximate surface area is 457 Å². The topological polar surface area (TPSA) is 3.24 Å². The van der Waals surface area contributed by atoms with Crippen molar-refractivity contribution < 1.29 is 0 Å². The third kappa shape index (κ3) is 8.30. The molecule has 1 aliphatic rings. The van der Waals surface area contributed by atoms with Crippen LogP contribution in [0.1, 0.15) is 22.3 Å². The van der Waals surface area contributed by atoms with Gasteiger partial charge in [0.25, 0.3) is 0 Å². The van der Waals surface area contributed by atoms with Crippen molar-refractivity contribution in [3.8, 4) is 77.9 Å². The van der Waals surface area contributed by atoms with Crippen molar-refractivity contribution in [1.82, 2.24) is 0 Å². The first-order chi connectivity index (χ1) is 38.7. The SMILES string of the molecule is c1ccc(-c2ccccc2-c2cccc(N(c3ccc(-c4ccc(-c5cccc(-c6ccc7ccccc7c6)c5)cc4)cc3)c3ccc(-c4ccc5c(c4)C(c4ccccc4)(c4ccccc4)c4ccccc4-5)cc3)c2)cc1. The minimum absolute atomic E-state index is 0.468. The van der Waals surface area contributed by atoms with E-state index in [9.17, 15) is 0 Å². The van der Waals surface area contributed by atoms with Crippen LogP contribution in [0.15, 0.2) is 322 Å². The summed E-state index contributed by atoms with van der Waals surface area (Å²) in [5.41, 5.74) is 24.8. The fourth-order valence-corrected chi connectivity index (χ4v) is 12.2. The van der Waals surface area contributed by atoms with Gasteiger partial charge >= 0.3 is 0 Å². The molecule has 366 valence electrons. The molecule has 14 rings (SSSR count). The molecule has 78 heavy (non-hydrogen) atoms. The van der Waals surface area contributed by atoms with E-state index in [1.807, 2.05) is 0 Å². The van der Waals surface area contributed by atoms with Gasteiger partial charge in [-0.2, -0.15) is 0 Å². The van der Waals surface area contributed by atoms with Crippen molar-refractivity contribution in [2.45, 2.75) is 5.41 Å². The first-order valence-electron chi connectivity index (χ1n) is 27.0. The van der Waals surface area contributed by atoms with Crippen molar-refractivity contribution in [2.24, 2.45) is 0 Å². The molecule has 1 aliphatic carbocycles. The summed E-state index contributed by atoms with van der Waals surface area (Å²) >= 11 is 0. The first-order valence-corrected chi connectivity index (χ1v) is 27.0. The normalized spacial score (nSPS) is 12.2. The van der Waals surface area contributed by atoms with Crippen LogP contribution in [0.4, 0.5) is 17.1 Å². The Morgan fingerprint density at radius 2 is 0.603 bits per heavy atom. The number of anilines is 3. The van der Waals surface area contributed by atoms with Gasteiger partial charge in [0.05, 0.1) is 5.41 Å². The average Bonchev–Trinajstić information content (AvgIpc) is 3.87. The van der Waals surface area contributed by atoms with Gasteiger partial charge < -0.3 is 4.90 Å². The summed E-state index contributed by atoms with van der Waals surface area (Å²) in [6, 6.07) is 118. The lowest BCUT2D eigenvalue weighted by Gasteiger charge is -2.34. The van der Waals surface area contributed by atoms with Crippen molar-refractivity contribution in [3.05, 3.63) is 344 Å². The van der Waals surface area contributed by atoms with E-state index in [-0.39, 0.29) is 0 Å². The fraction of sp³-hybridized carbons (Fsp3) is 0.0130. The lowest BCUT2D eigenvalue weighted by molar-refractivity contribution is 0.769. The van der Waals surface area contributed by atoms with Crippen LogP contribution in [0.3, 0.4) is 0 Å². The maximum absolute atomic E-state index is 2.45. The molecule has 0 radical (unpaired) electrons. The molecule has 0 N–H and O–H groups in total. The Morgan fingerprint density at radius 3 is 1.24 bits per heavy atom. The number of benzene rings is 13. The molecule has 0 saturated heterocycles. The summed E-state index contributed by atoms with van der Waals surface area (Å²) in [6.07, 6.45) is 0. The van der Waals surface area contributed by atoms with E-state index in [2.05, 4.69) is 326 Å². The van der Waals surface area contributed by atoms with Gasteiger partial charge in [0.15, 0.2) is 0 Å². The lowest BCUT2D eigenvalue weighted by atomic mass is 9.67. The molecule has 13 aromatic rings. The Hall–Kier alpha value is -10.1. The van der Waals surface area contributed by atoms with Crippen LogP contribution in [0.5, 0.6) is 0 Å². The summed E-state index contributed by atoms with van der Waals surface area (Å²) < 4.78 is 0. The highest BCUT2D eigenvalue weighted by Gasteiger charge is 2.46. The molecule has 0 aliphatic heterocycles. The molecule has 0 fully saturated rings. The maximum Gasteiger partial charge on any atom is 0.0713 e. The van der Waals surface area contributed by atoms with Crippen molar-refractivity contribution in [3.63, 3.8) is 0 Å². The summed E-state index contributed by atoms with van der Waals surface area (Å²) in [7, 11) is 0. The van der Waals surface area contributed by atoms with E-state index < -0.39 is 5.41 Å². The fourth-order valence-electron chi connectivity index (χ4n) is 12.2. The first kappa shape index (κ1) is 46.5. The predicted molar refractivity (Wildman–Crippen MR) is 329 cm³/mol. The average molecular weight is 992 g/mol. The van der Waals surface area contributed by atoms with Gasteiger partial charge in [-0.15, -0.1) is 0 Å². The van der Waals surface area contributed by atoms with E-state index >= 15 is 0 Å². The monoisotopic (exact) mass is 991 g/mol. The van der Waals surface area contributed by atoms with Crippen LogP contribution in [-0.4, -0.2) is 0 Å². The van der Waals surface area contributed by atoms with E-state index in [1.54, 1.807) is 0 Å². The van der Waals surface area contributed by atoms with Gasteiger partial charge in [-0.3, -0.25) is 0 Å². The molecule has 0 aromatic heterocycles. The number of fused-ring (bicyclic) bond motifs is 4. The van der Waals surface area contributed by atoms with E-state index in [0.717, 1.165) is 33.8 Å². The van der Waals surface area contributed by atoms with E-state index in [1.165, 1.54) is 94.2 Å². The number of nitrogens with zero attached hydrogens (tertiary/aromatic N) is 1. The van der Waals surface area contributed by atoms with Gasteiger partial charge in [-0.25, -0.2) is 0 Å². The molecule has 0 unspecified atom stereocenters. The molecule has 0 saturated carbocycles. The Bertz CT molecular complexity index is 4230. The summed E-state index contributed by atoms with van der Waals surface area (Å²) in [5, 5.41) is 2.51. The zero-order valence-corrected chi connectivity index (χ0v) is 43.0. The predicted octanol–water partition coefficient (Wildman–Crippen LogP) is 20.7. The third-order valence-corrected chi connectivity index (χ3v) is 16.0. The zero-order chi connectivity index (χ0) is 51.8. The molecule has 13 aromatic carbocycles. The standard InChI is InChI=1S/C77H53N/c1-4-19-59(20-5-1)71-30-12-13-31-72(71)65-24-17-29-70(52-65)78(68-45-40-56(41-46-68)55-34-36-57(37-35-55)61-22-16-23-62(50-61)63-39-38-54-18-10-11-21-60(54)51-63)69-47-42-58(43-48-69)64-44-49-74-73-32-14-15-33-75(73)77(76(74)53-64,66-25-6-2-7-26-66)67-27-8-3-9-28-67/h1-53H. The van der Waals surface area contributed by atoms with E-state index in [0.29, 0.717) is 0 Å².